The van der Waals surface area contributed by atoms with Crippen LogP contribution in [0.3, 0.4) is 0 Å². The Morgan fingerprint density at radius 1 is 1.38 bits per heavy atom. The lowest BCUT2D eigenvalue weighted by molar-refractivity contribution is -0.139. The number of benzene rings is 1. The largest absolute Gasteiger partial charge is 0.348 e. The number of fused-ring (bicyclic) bond motifs is 1. The summed E-state index contributed by atoms with van der Waals surface area (Å²) in [4.78, 5) is 2.47. The summed E-state index contributed by atoms with van der Waals surface area (Å²) in [5, 5.41) is 0. The first kappa shape index (κ1) is 15.5. The molecule has 1 aromatic rings. The van der Waals surface area contributed by atoms with E-state index in [-0.39, 0.29) is 6.10 Å². The highest BCUT2D eigenvalue weighted by Crippen LogP contribution is 2.36. The van der Waals surface area contributed by atoms with Gasteiger partial charge in [-0.1, -0.05) is 22.0 Å². The molecule has 0 amide bonds. The monoisotopic (exact) mass is 353 g/mol. The van der Waals surface area contributed by atoms with E-state index < -0.39 is 5.79 Å². The fraction of sp³-hybridized carbons (Fsp3) is 0.647. The summed E-state index contributed by atoms with van der Waals surface area (Å²) < 4.78 is 12.7. The highest BCUT2D eigenvalue weighted by atomic mass is 79.9. The third-order valence-electron chi connectivity index (χ3n) is 4.55. The maximum atomic E-state index is 5.89. The van der Waals surface area contributed by atoms with Gasteiger partial charge in [-0.25, -0.2) is 0 Å². The maximum Gasteiger partial charge on any atom is 0.163 e. The molecule has 0 spiro atoms. The van der Waals surface area contributed by atoms with E-state index in [1.807, 2.05) is 13.8 Å². The number of hydrogen-bond donors (Lipinski definition) is 0. The number of rotatable bonds is 4. The van der Waals surface area contributed by atoms with Crippen LogP contribution in [0.5, 0.6) is 0 Å². The van der Waals surface area contributed by atoms with Gasteiger partial charge >= 0.3 is 0 Å². The maximum absolute atomic E-state index is 5.89. The molecule has 21 heavy (non-hydrogen) atoms. The van der Waals surface area contributed by atoms with Crippen LogP contribution in [0.15, 0.2) is 22.7 Å². The molecule has 1 aromatic carbocycles. The molecule has 116 valence electrons. The lowest BCUT2D eigenvalue weighted by Gasteiger charge is -2.26. The molecule has 3 nitrogen and oxygen atoms in total. The second kappa shape index (κ2) is 5.99. The summed E-state index contributed by atoms with van der Waals surface area (Å²) in [5.41, 5.74) is 2.98. The summed E-state index contributed by atoms with van der Waals surface area (Å²) >= 11 is 3.56. The molecule has 0 saturated carbocycles. The normalized spacial score (nSPS) is 27.3. The minimum Gasteiger partial charge on any atom is -0.348 e. The van der Waals surface area contributed by atoms with Gasteiger partial charge in [-0.15, -0.1) is 0 Å². The lowest BCUT2D eigenvalue weighted by atomic mass is 10.1. The van der Waals surface area contributed by atoms with Crippen molar-refractivity contribution in [3.05, 3.63) is 33.8 Å². The standard InChI is InChI=1S/C17H24BrNO2/c1-17(2)20-11-14(21-17)8-9-19(3)16-7-4-12-10-13(18)5-6-15(12)16/h5-6,10,14,16H,4,7-9,11H2,1-3H3. The topological polar surface area (TPSA) is 21.7 Å². The Hall–Kier alpha value is -0.420. The van der Waals surface area contributed by atoms with E-state index in [4.69, 9.17) is 9.47 Å². The molecule has 1 heterocycles. The highest BCUT2D eigenvalue weighted by molar-refractivity contribution is 9.10. The molecule has 0 N–H and O–H groups in total. The van der Waals surface area contributed by atoms with Crippen LogP contribution >= 0.6 is 15.9 Å². The predicted molar refractivity (Wildman–Crippen MR) is 87.4 cm³/mol. The Bertz CT molecular complexity index is 518. The molecule has 1 aliphatic heterocycles. The van der Waals surface area contributed by atoms with E-state index >= 15 is 0 Å². The number of nitrogens with zero attached hydrogens (tertiary/aromatic N) is 1. The van der Waals surface area contributed by atoms with Gasteiger partial charge in [0.1, 0.15) is 0 Å². The molecule has 1 aliphatic carbocycles. The van der Waals surface area contributed by atoms with Crippen molar-refractivity contribution in [1.29, 1.82) is 0 Å². The third kappa shape index (κ3) is 3.50. The van der Waals surface area contributed by atoms with Crippen LogP contribution < -0.4 is 0 Å². The van der Waals surface area contributed by atoms with Gasteiger partial charge in [-0.3, -0.25) is 4.90 Å². The second-order valence-corrected chi connectivity index (χ2v) is 7.53. The molecule has 1 saturated heterocycles. The van der Waals surface area contributed by atoms with Crippen LogP contribution in [0.2, 0.25) is 0 Å². The smallest absolute Gasteiger partial charge is 0.163 e. The van der Waals surface area contributed by atoms with E-state index in [1.54, 1.807) is 0 Å². The first-order chi connectivity index (χ1) is 9.94. The van der Waals surface area contributed by atoms with Crippen molar-refractivity contribution in [1.82, 2.24) is 4.90 Å². The van der Waals surface area contributed by atoms with E-state index in [2.05, 4.69) is 46.1 Å². The van der Waals surface area contributed by atoms with Crippen LogP contribution in [0.4, 0.5) is 0 Å². The first-order valence-corrected chi connectivity index (χ1v) is 8.54. The molecule has 4 heteroatoms. The zero-order chi connectivity index (χ0) is 15.0. The molecule has 0 bridgehead atoms. The number of ether oxygens (including phenoxy) is 2. The number of halogens is 1. The fourth-order valence-electron chi connectivity index (χ4n) is 3.43. The van der Waals surface area contributed by atoms with E-state index in [1.165, 1.54) is 28.4 Å². The number of aryl methyl sites for hydroxylation is 1. The Balaban J connectivity index is 1.57. The van der Waals surface area contributed by atoms with Crippen molar-refractivity contribution in [2.75, 3.05) is 20.2 Å². The predicted octanol–water partition coefficient (Wildman–Crippen LogP) is 3.91. The van der Waals surface area contributed by atoms with Gasteiger partial charge in [0.2, 0.25) is 0 Å². The minimum atomic E-state index is -0.407. The lowest BCUT2D eigenvalue weighted by Crippen LogP contribution is -2.28. The van der Waals surface area contributed by atoms with Gasteiger partial charge in [0.05, 0.1) is 12.7 Å². The first-order valence-electron chi connectivity index (χ1n) is 7.75. The van der Waals surface area contributed by atoms with Gasteiger partial charge in [-0.2, -0.15) is 0 Å². The van der Waals surface area contributed by atoms with Gasteiger partial charge in [0.25, 0.3) is 0 Å². The quantitative estimate of drug-likeness (QED) is 0.818. The molecule has 1 fully saturated rings. The number of hydrogen-bond acceptors (Lipinski definition) is 3. The van der Waals surface area contributed by atoms with Crippen LogP contribution in [0.1, 0.15) is 43.9 Å². The summed E-state index contributed by atoms with van der Waals surface area (Å²) in [6.45, 7) is 5.74. The second-order valence-electron chi connectivity index (χ2n) is 6.62. The van der Waals surface area contributed by atoms with Crippen molar-refractivity contribution >= 4 is 15.9 Å². The van der Waals surface area contributed by atoms with Crippen LogP contribution in [-0.4, -0.2) is 37.0 Å². The molecule has 2 unspecified atom stereocenters. The highest BCUT2D eigenvalue weighted by Gasteiger charge is 2.33. The Labute approximate surface area is 135 Å². The van der Waals surface area contributed by atoms with Gasteiger partial charge < -0.3 is 9.47 Å². The zero-order valence-corrected chi connectivity index (χ0v) is 14.6. The van der Waals surface area contributed by atoms with Gasteiger partial charge in [0, 0.05) is 17.1 Å². The van der Waals surface area contributed by atoms with Gasteiger partial charge in [-0.05, 0) is 63.4 Å². The summed E-state index contributed by atoms with van der Waals surface area (Å²) in [6.07, 6.45) is 3.66. The van der Waals surface area contributed by atoms with E-state index in [9.17, 15) is 0 Å². The molecule has 2 aliphatic rings. The van der Waals surface area contributed by atoms with Crippen LogP contribution in [0, 0.1) is 0 Å². The molecular weight excluding hydrogens is 330 g/mol. The Morgan fingerprint density at radius 3 is 2.90 bits per heavy atom. The summed E-state index contributed by atoms with van der Waals surface area (Å²) in [6, 6.07) is 7.23. The average Bonchev–Trinajstić information content (AvgIpc) is 2.98. The average molecular weight is 354 g/mol. The minimum absolute atomic E-state index is 0.230. The SMILES string of the molecule is CN(CCC1COC(C)(C)O1)C1CCc2cc(Br)ccc21. The third-order valence-corrected chi connectivity index (χ3v) is 5.05. The van der Waals surface area contributed by atoms with Crippen molar-refractivity contribution in [2.24, 2.45) is 0 Å². The van der Waals surface area contributed by atoms with Crippen LogP contribution in [0.25, 0.3) is 0 Å². The van der Waals surface area contributed by atoms with Crippen molar-refractivity contribution in [3.63, 3.8) is 0 Å². The zero-order valence-electron chi connectivity index (χ0n) is 13.1. The van der Waals surface area contributed by atoms with E-state index in [0.717, 1.165) is 19.6 Å². The van der Waals surface area contributed by atoms with E-state index in [0.29, 0.717) is 6.04 Å². The van der Waals surface area contributed by atoms with Crippen molar-refractivity contribution in [2.45, 2.75) is 51.0 Å². The molecule has 2 atom stereocenters. The summed E-state index contributed by atoms with van der Waals surface area (Å²) in [7, 11) is 2.22. The molecule has 0 radical (unpaired) electrons. The summed E-state index contributed by atoms with van der Waals surface area (Å²) in [5.74, 6) is -0.407. The van der Waals surface area contributed by atoms with Gasteiger partial charge in [0.15, 0.2) is 5.79 Å². The molecule has 3 rings (SSSR count). The fourth-order valence-corrected chi connectivity index (χ4v) is 3.84. The van der Waals surface area contributed by atoms with Crippen LogP contribution in [-0.2, 0) is 15.9 Å². The Kier molecular flexibility index (Phi) is 4.42. The van der Waals surface area contributed by atoms with Crippen molar-refractivity contribution < 1.29 is 9.47 Å². The Morgan fingerprint density at radius 2 is 2.19 bits per heavy atom. The van der Waals surface area contributed by atoms with Crippen molar-refractivity contribution in [3.8, 4) is 0 Å². The molecular formula is C17H24BrNO2. The molecule has 0 aromatic heterocycles.